The van der Waals surface area contributed by atoms with E-state index in [1.807, 2.05) is 26.8 Å². The molecule has 1 atom stereocenters. The first-order valence-corrected chi connectivity index (χ1v) is 3.59. The summed E-state index contributed by atoms with van der Waals surface area (Å²) in [5, 5.41) is 0. The van der Waals surface area contributed by atoms with Gasteiger partial charge in [-0.3, -0.25) is 0 Å². The lowest BCUT2D eigenvalue weighted by Gasteiger charge is -1.96. The quantitative estimate of drug-likeness (QED) is 0.483. The third-order valence-corrected chi connectivity index (χ3v) is 1.10. The zero-order chi connectivity index (χ0) is 8.15. The molecule has 2 heteroatoms. The Hall–Kier alpha value is -0.790. The predicted molar refractivity (Wildman–Crippen MR) is 40.7 cm³/mol. The van der Waals surface area contributed by atoms with Gasteiger partial charge in [0.2, 0.25) is 0 Å². The van der Waals surface area contributed by atoms with Crippen molar-refractivity contribution < 1.29 is 9.53 Å². The number of ether oxygens (including phenoxy) is 1. The van der Waals surface area contributed by atoms with Crippen LogP contribution in [0, 0.1) is 0 Å². The van der Waals surface area contributed by atoms with Crippen LogP contribution < -0.4 is 0 Å². The Morgan fingerprint density at radius 1 is 1.50 bits per heavy atom. The number of hydrogen-bond donors (Lipinski definition) is 0. The minimum absolute atomic E-state index is 0.0116. The van der Waals surface area contributed by atoms with Gasteiger partial charge in [0.05, 0.1) is 0 Å². The fourth-order valence-electron chi connectivity index (χ4n) is 0.716. The Balaban J connectivity index is 0.000000371. The zero-order valence-electron chi connectivity index (χ0n) is 6.97. The predicted octanol–water partition coefficient (Wildman–Crippen LogP) is 1.90. The summed E-state index contributed by atoms with van der Waals surface area (Å²) in [5.41, 5.74) is 0.720. The highest BCUT2D eigenvalue weighted by Gasteiger charge is 2.16. The summed E-state index contributed by atoms with van der Waals surface area (Å²) >= 11 is 0. The second-order valence-corrected chi connectivity index (χ2v) is 1.96. The largest absolute Gasteiger partial charge is 0.455 e. The average molecular weight is 142 g/mol. The second kappa shape index (κ2) is 4.09. The second-order valence-electron chi connectivity index (χ2n) is 1.96. The van der Waals surface area contributed by atoms with E-state index in [2.05, 4.69) is 0 Å². The lowest BCUT2D eigenvalue weighted by Crippen LogP contribution is -2.02. The normalized spacial score (nSPS) is 22.6. The molecule has 1 heterocycles. The highest BCUT2D eigenvalue weighted by Crippen LogP contribution is 2.10. The van der Waals surface area contributed by atoms with Crippen LogP contribution >= 0.6 is 0 Å². The van der Waals surface area contributed by atoms with Gasteiger partial charge in [0.15, 0.2) is 0 Å². The van der Waals surface area contributed by atoms with Crippen molar-refractivity contribution in [3.63, 3.8) is 0 Å². The van der Waals surface area contributed by atoms with Gasteiger partial charge < -0.3 is 4.74 Å². The van der Waals surface area contributed by atoms with Crippen molar-refractivity contribution in [2.75, 3.05) is 0 Å². The Morgan fingerprint density at radius 2 is 2.00 bits per heavy atom. The molecule has 1 rings (SSSR count). The molecule has 58 valence electrons. The number of carbonyl (C=O) groups is 1. The molecule has 0 spiro atoms. The van der Waals surface area contributed by atoms with E-state index in [1.54, 1.807) is 6.92 Å². The van der Waals surface area contributed by atoms with Crippen molar-refractivity contribution in [1.82, 2.24) is 0 Å². The first kappa shape index (κ1) is 9.21. The van der Waals surface area contributed by atoms with Crippen LogP contribution in [0.1, 0.15) is 27.7 Å². The minimum Gasteiger partial charge on any atom is -0.455 e. The molecule has 10 heavy (non-hydrogen) atoms. The van der Waals surface area contributed by atoms with Crippen LogP contribution in [-0.2, 0) is 9.53 Å². The van der Waals surface area contributed by atoms with Gasteiger partial charge in [0.1, 0.15) is 6.10 Å². The van der Waals surface area contributed by atoms with Gasteiger partial charge in [-0.1, -0.05) is 13.8 Å². The topological polar surface area (TPSA) is 26.3 Å². The Bertz CT molecular complexity index is 147. The van der Waals surface area contributed by atoms with Crippen LogP contribution in [0.3, 0.4) is 0 Å². The first-order chi connectivity index (χ1) is 4.70. The fraction of sp³-hybridized carbons (Fsp3) is 0.625. The van der Waals surface area contributed by atoms with Gasteiger partial charge >= 0.3 is 5.97 Å². The third-order valence-electron chi connectivity index (χ3n) is 1.10. The number of rotatable bonds is 0. The van der Waals surface area contributed by atoms with E-state index in [0.717, 1.165) is 5.57 Å². The summed E-state index contributed by atoms with van der Waals surface area (Å²) in [7, 11) is 0. The van der Waals surface area contributed by atoms with Crippen molar-refractivity contribution in [2.45, 2.75) is 33.8 Å². The molecule has 1 aliphatic rings. The van der Waals surface area contributed by atoms with Crippen LogP contribution in [-0.4, -0.2) is 12.1 Å². The van der Waals surface area contributed by atoms with Crippen LogP contribution in [0.2, 0.25) is 0 Å². The lowest BCUT2D eigenvalue weighted by atomic mass is 10.3. The zero-order valence-corrected chi connectivity index (χ0v) is 6.97. The van der Waals surface area contributed by atoms with Gasteiger partial charge in [0.25, 0.3) is 0 Å². The summed E-state index contributed by atoms with van der Waals surface area (Å²) < 4.78 is 4.74. The minimum atomic E-state index is -0.183. The monoisotopic (exact) mass is 142 g/mol. The van der Waals surface area contributed by atoms with E-state index in [9.17, 15) is 4.79 Å². The van der Waals surface area contributed by atoms with Crippen molar-refractivity contribution >= 4 is 5.97 Å². The molecule has 0 unspecified atom stereocenters. The molecule has 0 saturated carbocycles. The Labute approximate surface area is 61.9 Å². The van der Waals surface area contributed by atoms with Crippen molar-refractivity contribution in [2.24, 2.45) is 0 Å². The van der Waals surface area contributed by atoms with Gasteiger partial charge in [-0.2, -0.15) is 0 Å². The Kier molecular flexibility index (Phi) is 3.77. The molecule has 0 aromatic heterocycles. The molecule has 0 N–H and O–H groups in total. The van der Waals surface area contributed by atoms with E-state index in [4.69, 9.17) is 4.74 Å². The maximum absolute atomic E-state index is 10.5. The maximum Gasteiger partial charge on any atom is 0.334 e. The summed E-state index contributed by atoms with van der Waals surface area (Å²) in [6.45, 7) is 7.60. The summed E-state index contributed by atoms with van der Waals surface area (Å²) in [5.74, 6) is -0.183. The lowest BCUT2D eigenvalue weighted by molar-refractivity contribution is -0.138. The molecule has 0 radical (unpaired) electrons. The van der Waals surface area contributed by atoms with E-state index >= 15 is 0 Å². The average Bonchev–Trinajstić information content (AvgIpc) is 2.16. The van der Waals surface area contributed by atoms with E-state index in [0.29, 0.717) is 0 Å². The van der Waals surface area contributed by atoms with Crippen molar-refractivity contribution in [1.29, 1.82) is 0 Å². The van der Waals surface area contributed by atoms with Gasteiger partial charge in [0, 0.05) is 5.57 Å². The third kappa shape index (κ3) is 2.21. The molecular formula is C8H14O2. The number of esters is 1. The van der Waals surface area contributed by atoms with Gasteiger partial charge in [-0.25, -0.2) is 4.79 Å². The molecule has 2 nitrogen and oxygen atoms in total. The van der Waals surface area contributed by atoms with E-state index in [-0.39, 0.29) is 12.1 Å². The molecule has 0 saturated heterocycles. The first-order valence-electron chi connectivity index (χ1n) is 3.59. The van der Waals surface area contributed by atoms with Crippen LogP contribution in [0.15, 0.2) is 11.6 Å². The molecule has 1 aliphatic heterocycles. The van der Waals surface area contributed by atoms with Crippen LogP contribution in [0.25, 0.3) is 0 Å². The van der Waals surface area contributed by atoms with Gasteiger partial charge in [-0.15, -0.1) is 0 Å². The molecule has 0 bridgehead atoms. The van der Waals surface area contributed by atoms with Gasteiger partial charge in [-0.05, 0) is 19.9 Å². The number of hydrogen-bond acceptors (Lipinski definition) is 2. The highest BCUT2D eigenvalue weighted by molar-refractivity contribution is 5.90. The summed E-state index contributed by atoms with van der Waals surface area (Å²) in [4.78, 5) is 10.5. The van der Waals surface area contributed by atoms with E-state index < -0.39 is 0 Å². The van der Waals surface area contributed by atoms with Crippen molar-refractivity contribution in [3.8, 4) is 0 Å². The standard InChI is InChI=1S/C6H8O2.C2H6/c1-4-3-5(2)8-6(4)7;1-2/h3,5H,1-2H3;1-2H3/t5-;/m0./s1. The number of carbonyl (C=O) groups excluding carboxylic acids is 1. The van der Waals surface area contributed by atoms with E-state index in [1.165, 1.54) is 0 Å². The van der Waals surface area contributed by atoms with Crippen LogP contribution in [0.5, 0.6) is 0 Å². The molecule has 0 fully saturated rings. The summed E-state index contributed by atoms with van der Waals surface area (Å²) in [6, 6.07) is 0. The SMILES string of the molecule is CC.CC1=C[C@H](C)OC1=O. The Morgan fingerprint density at radius 3 is 2.10 bits per heavy atom. The molecule has 0 aromatic carbocycles. The molecular weight excluding hydrogens is 128 g/mol. The van der Waals surface area contributed by atoms with Crippen LogP contribution in [0.4, 0.5) is 0 Å². The maximum atomic E-state index is 10.5. The number of cyclic esters (lactones) is 1. The highest BCUT2D eigenvalue weighted by atomic mass is 16.5. The molecule has 0 aliphatic carbocycles. The summed E-state index contributed by atoms with van der Waals surface area (Å²) in [6.07, 6.45) is 1.80. The smallest absolute Gasteiger partial charge is 0.334 e. The fourth-order valence-corrected chi connectivity index (χ4v) is 0.716. The van der Waals surface area contributed by atoms with Crippen molar-refractivity contribution in [3.05, 3.63) is 11.6 Å². The molecule has 0 amide bonds. The molecule has 0 aromatic rings.